The second kappa shape index (κ2) is 8.39. The van der Waals surface area contributed by atoms with Crippen molar-refractivity contribution in [1.82, 2.24) is 14.9 Å². The predicted octanol–water partition coefficient (Wildman–Crippen LogP) is 2.44. The summed E-state index contributed by atoms with van der Waals surface area (Å²) in [4.78, 5) is 13.1. The Kier molecular flexibility index (Phi) is 7.19. The van der Waals surface area contributed by atoms with Crippen LogP contribution in [0.5, 0.6) is 0 Å². The van der Waals surface area contributed by atoms with Crippen LogP contribution in [0.15, 0.2) is 6.07 Å². The van der Waals surface area contributed by atoms with Crippen molar-refractivity contribution in [3.05, 3.63) is 17.0 Å². The largest absolute Gasteiger partial charge is 0.374 e. The van der Waals surface area contributed by atoms with Crippen molar-refractivity contribution in [2.24, 2.45) is 0 Å². The highest BCUT2D eigenvalue weighted by Gasteiger charge is 2.16. The van der Waals surface area contributed by atoms with Crippen molar-refractivity contribution in [2.75, 3.05) is 38.7 Å². The van der Waals surface area contributed by atoms with Crippen LogP contribution in [0.4, 0.5) is 5.82 Å². The van der Waals surface area contributed by atoms with E-state index in [0.717, 1.165) is 18.9 Å². The number of halogens is 1. The van der Waals surface area contributed by atoms with Crippen LogP contribution >= 0.6 is 11.6 Å². The van der Waals surface area contributed by atoms with E-state index in [1.54, 1.807) is 0 Å². The van der Waals surface area contributed by atoms with E-state index in [-0.39, 0.29) is 0 Å². The Hall–Kier alpha value is -0.910. The first-order valence-corrected chi connectivity index (χ1v) is 7.38. The summed E-state index contributed by atoms with van der Waals surface area (Å²) >= 11 is 6.10. The minimum Gasteiger partial charge on any atom is -0.374 e. The van der Waals surface area contributed by atoms with Gasteiger partial charge in [0.2, 0.25) is 0 Å². The molecule has 1 rings (SSSR count). The molecule has 1 atom stereocenters. The molecule has 0 radical (unpaired) electrons. The molecule has 0 N–H and O–H groups in total. The first kappa shape index (κ1) is 17.1. The Morgan fingerprint density at radius 3 is 2.55 bits per heavy atom. The number of rotatable bonds is 8. The summed E-state index contributed by atoms with van der Waals surface area (Å²) in [5, 5.41) is 0.459. The molecule has 0 fully saturated rings. The van der Waals surface area contributed by atoms with Crippen molar-refractivity contribution >= 4 is 17.4 Å². The normalized spacial score (nSPS) is 12.8. The van der Waals surface area contributed by atoms with Gasteiger partial charge < -0.3 is 14.5 Å². The highest BCUT2D eigenvalue weighted by Crippen LogP contribution is 2.19. The molecule has 0 bridgehead atoms. The fourth-order valence-corrected chi connectivity index (χ4v) is 2.38. The molecular formula is C14H25ClN4O. The van der Waals surface area contributed by atoms with E-state index in [1.165, 1.54) is 0 Å². The van der Waals surface area contributed by atoms with Gasteiger partial charge >= 0.3 is 0 Å². The number of hydrogen-bond donors (Lipinski definition) is 0. The van der Waals surface area contributed by atoms with Gasteiger partial charge in [0.25, 0.3) is 0 Å². The lowest BCUT2D eigenvalue weighted by Crippen LogP contribution is -2.40. The summed E-state index contributed by atoms with van der Waals surface area (Å²) in [6.07, 6.45) is 0. The van der Waals surface area contributed by atoms with Gasteiger partial charge in [-0.25, -0.2) is 9.97 Å². The molecule has 0 saturated carbocycles. The van der Waals surface area contributed by atoms with Gasteiger partial charge in [0, 0.05) is 31.8 Å². The maximum absolute atomic E-state index is 6.10. The van der Waals surface area contributed by atoms with E-state index in [0.29, 0.717) is 30.2 Å². The average Bonchev–Trinajstić information content (AvgIpc) is 2.35. The van der Waals surface area contributed by atoms with E-state index in [4.69, 9.17) is 16.3 Å². The van der Waals surface area contributed by atoms with Gasteiger partial charge in [-0.2, -0.15) is 0 Å². The van der Waals surface area contributed by atoms with Gasteiger partial charge in [-0.15, -0.1) is 0 Å². The van der Waals surface area contributed by atoms with Gasteiger partial charge in [0.15, 0.2) is 5.82 Å². The van der Waals surface area contributed by atoms with Crippen LogP contribution in [0, 0.1) is 0 Å². The van der Waals surface area contributed by atoms with Crippen LogP contribution in [-0.4, -0.2) is 54.7 Å². The number of ether oxygens (including phenoxy) is 1. The zero-order valence-electron chi connectivity index (χ0n) is 13.1. The molecule has 1 heterocycles. The van der Waals surface area contributed by atoms with Gasteiger partial charge in [-0.1, -0.05) is 11.6 Å². The minimum atomic E-state index is 0.348. The molecule has 1 unspecified atom stereocenters. The summed E-state index contributed by atoms with van der Waals surface area (Å²) in [5.74, 6) is 1.49. The summed E-state index contributed by atoms with van der Waals surface area (Å²) in [6.45, 7) is 9.10. The van der Waals surface area contributed by atoms with Crippen LogP contribution in [0.3, 0.4) is 0 Å². The second-order valence-corrected chi connectivity index (χ2v) is 5.39. The molecule has 0 amide bonds. The summed E-state index contributed by atoms with van der Waals surface area (Å²) in [5.41, 5.74) is 0. The number of anilines is 1. The molecule has 0 saturated heterocycles. The third kappa shape index (κ3) is 5.23. The van der Waals surface area contributed by atoms with E-state index >= 15 is 0 Å². The quantitative estimate of drug-likeness (QED) is 0.690. The van der Waals surface area contributed by atoms with Crippen molar-refractivity contribution in [3.8, 4) is 0 Å². The first-order chi connectivity index (χ1) is 9.47. The lowest BCUT2D eigenvalue weighted by Gasteiger charge is -2.31. The summed E-state index contributed by atoms with van der Waals surface area (Å²) < 4.78 is 5.36. The van der Waals surface area contributed by atoms with E-state index < -0.39 is 0 Å². The molecule has 0 aliphatic heterocycles. The second-order valence-electron chi connectivity index (χ2n) is 5.00. The maximum atomic E-state index is 6.10. The van der Waals surface area contributed by atoms with Crippen molar-refractivity contribution in [2.45, 2.75) is 33.4 Å². The Balaban J connectivity index is 2.93. The predicted molar refractivity (Wildman–Crippen MR) is 83.4 cm³/mol. The molecule has 0 spiro atoms. The molecule has 114 valence electrons. The molecule has 5 nitrogen and oxygen atoms in total. The highest BCUT2D eigenvalue weighted by molar-refractivity contribution is 6.29. The van der Waals surface area contributed by atoms with Crippen LogP contribution < -0.4 is 4.90 Å². The smallest absolute Gasteiger partial charge is 0.158 e. The summed E-state index contributed by atoms with van der Waals surface area (Å²) in [7, 11) is 4.13. The molecule has 0 aromatic carbocycles. The fourth-order valence-electron chi connectivity index (χ4n) is 2.18. The van der Waals surface area contributed by atoms with Crippen LogP contribution in [0.25, 0.3) is 0 Å². The monoisotopic (exact) mass is 300 g/mol. The number of aromatic nitrogens is 2. The van der Waals surface area contributed by atoms with Crippen molar-refractivity contribution < 1.29 is 4.74 Å². The standard InChI is InChI=1S/C14H25ClN4O/c1-6-19(11(3)9-18(4)5)14-8-12(15)16-13(17-14)10-20-7-2/h8,11H,6-7,9-10H2,1-5H3. The number of likely N-dealkylation sites (N-methyl/N-ethyl adjacent to an activating group) is 2. The van der Waals surface area contributed by atoms with Crippen molar-refractivity contribution in [3.63, 3.8) is 0 Å². The zero-order valence-corrected chi connectivity index (χ0v) is 13.8. The Labute approximate surface area is 126 Å². The van der Waals surface area contributed by atoms with Crippen LogP contribution in [0.2, 0.25) is 5.15 Å². The van der Waals surface area contributed by atoms with E-state index in [9.17, 15) is 0 Å². The third-order valence-corrected chi connectivity index (χ3v) is 3.15. The van der Waals surface area contributed by atoms with Crippen molar-refractivity contribution in [1.29, 1.82) is 0 Å². The number of hydrogen-bond acceptors (Lipinski definition) is 5. The number of nitrogens with zero attached hydrogens (tertiary/aromatic N) is 4. The van der Waals surface area contributed by atoms with Gasteiger partial charge in [-0.3, -0.25) is 0 Å². The minimum absolute atomic E-state index is 0.348. The molecule has 1 aromatic heterocycles. The first-order valence-electron chi connectivity index (χ1n) is 7.00. The Bertz CT molecular complexity index is 414. The summed E-state index contributed by atoms with van der Waals surface area (Å²) in [6, 6.07) is 2.16. The van der Waals surface area contributed by atoms with Crippen LogP contribution in [-0.2, 0) is 11.3 Å². The molecular weight excluding hydrogens is 276 g/mol. The zero-order chi connectivity index (χ0) is 15.1. The third-order valence-electron chi connectivity index (χ3n) is 2.96. The van der Waals surface area contributed by atoms with Gasteiger partial charge in [0.1, 0.15) is 17.6 Å². The van der Waals surface area contributed by atoms with Crippen LogP contribution in [0.1, 0.15) is 26.6 Å². The molecule has 0 aliphatic carbocycles. The molecule has 0 aliphatic rings. The van der Waals surface area contributed by atoms with E-state index in [1.807, 2.05) is 13.0 Å². The SMILES string of the molecule is CCOCc1nc(Cl)cc(N(CC)C(C)CN(C)C)n1. The molecule has 6 heteroatoms. The van der Waals surface area contributed by atoms with Gasteiger partial charge in [-0.05, 0) is 34.9 Å². The molecule has 1 aromatic rings. The maximum Gasteiger partial charge on any atom is 0.158 e. The Morgan fingerprint density at radius 2 is 2.00 bits per heavy atom. The lowest BCUT2D eigenvalue weighted by atomic mass is 10.2. The molecule has 20 heavy (non-hydrogen) atoms. The average molecular weight is 301 g/mol. The van der Waals surface area contributed by atoms with Gasteiger partial charge in [0.05, 0.1) is 0 Å². The highest BCUT2D eigenvalue weighted by atomic mass is 35.5. The topological polar surface area (TPSA) is 41.5 Å². The lowest BCUT2D eigenvalue weighted by molar-refractivity contribution is 0.128. The Morgan fingerprint density at radius 1 is 1.30 bits per heavy atom. The van der Waals surface area contributed by atoms with E-state index in [2.05, 4.69) is 47.7 Å². The fraction of sp³-hybridized carbons (Fsp3) is 0.714.